The van der Waals surface area contributed by atoms with E-state index < -0.39 is 21.3 Å². The molecule has 1 aliphatic rings. The molecule has 5 nitrogen and oxygen atoms in total. The lowest BCUT2D eigenvalue weighted by atomic mass is 9.70. The summed E-state index contributed by atoms with van der Waals surface area (Å²) < 4.78 is 26.6. The molecule has 1 amide bonds. The molecule has 0 saturated heterocycles. The molecular weight excluding hydrogens is 320 g/mol. The lowest BCUT2D eigenvalue weighted by Gasteiger charge is -2.36. The summed E-state index contributed by atoms with van der Waals surface area (Å²) >= 11 is 3.17. The third kappa shape index (κ3) is 2.56. The first kappa shape index (κ1) is 13.5. The summed E-state index contributed by atoms with van der Waals surface area (Å²) in [7, 11) is -3.88. The van der Waals surface area contributed by atoms with Crippen molar-refractivity contribution in [3.63, 3.8) is 0 Å². The van der Waals surface area contributed by atoms with Crippen molar-refractivity contribution in [2.75, 3.05) is 0 Å². The van der Waals surface area contributed by atoms with Crippen LogP contribution in [0.2, 0.25) is 0 Å². The number of sulfonamides is 1. The third-order valence-electron chi connectivity index (χ3n) is 3.20. The van der Waals surface area contributed by atoms with Crippen LogP contribution in [0.5, 0.6) is 0 Å². The highest BCUT2D eigenvalue weighted by Crippen LogP contribution is 2.40. The average molecular weight is 333 g/mol. The van der Waals surface area contributed by atoms with Gasteiger partial charge in [0.1, 0.15) is 0 Å². The van der Waals surface area contributed by atoms with Crippen molar-refractivity contribution < 1.29 is 13.2 Å². The lowest BCUT2D eigenvalue weighted by molar-refractivity contribution is -0.132. The number of hydrogen-bond donors (Lipinski definition) is 1. The van der Waals surface area contributed by atoms with E-state index in [9.17, 15) is 13.2 Å². The predicted molar refractivity (Wildman–Crippen MR) is 69.2 cm³/mol. The molecule has 1 aromatic heterocycles. The number of carbonyl (C=O) groups is 1. The molecule has 1 saturated carbocycles. The number of nitrogens with one attached hydrogen (secondary N) is 1. The van der Waals surface area contributed by atoms with Crippen LogP contribution in [0.4, 0.5) is 0 Å². The summed E-state index contributed by atoms with van der Waals surface area (Å²) in [5.74, 6) is -0.449. The molecule has 0 atom stereocenters. The van der Waals surface area contributed by atoms with Gasteiger partial charge in [-0.3, -0.25) is 4.79 Å². The molecular formula is C11H13BrN2O3S. The molecule has 0 spiro atoms. The second-order valence-electron chi connectivity index (χ2n) is 4.66. The number of aromatic nitrogens is 1. The van der Waals surface area contributed by atoms with Gasteiger partial charge in [-0.1, -0.05) is 29.3 Å². The number of rotatable bonds is 3. The van der Waals surface area contributed by atoms with Crippen molar-refractivity contribution in [1.29, 1.82) is 0 Å². The molecule has 0 aromatic carbocycles. The van der Waals surface area contributed by atoms with Crippen LogP contribution in [-0.2, 0) is 14.8 Å². The first-order valence-corrected chi connectivity index (χ1v) is 7.80. The van der Waals surface area contributed by atoms with Gasteiger partial charge in [0.25, 0.3) is 10.0 Å². The summed E-state index contributed by atoms with van der Waals surface area (Å²) in [6.07, 6.45) is 3.77. The fourth-order valence-electron chi connectivity index (χ4n) is 1.76. The molecule has 0 bridgehead atoms. The maximum atomic E-state index is 12.0. The quantitative estimate of drug-likeness (QED) is 0.916. The topological polar surface area (TPSA) is 76.1 Å². The largest absolute Gasteiger partial charge is 0.281 e. The summed E-state index contributed by atoms with van der Waals surface area (Å²) in [4.78, 5) is 15.6. The summed E-state index contributed by atoms with van der Waals surface area (Å²) in [6.45, 7) is 1.77. The number of pyridine rings is 1. The Balaban J connectivity index is 2.20. The number of hydrogen-bond acceptors (Lipinski definition) is 4. The van der Waals surface area contributed by atoms with Gasteiger partial charge >= 0.3 is 0 Å². The van der Waals surface area contributed by atoms with Gasteiger partial charge in [0.2, 0.25) is 5.91 Å². The second-order valence-corrected chi connectivity index (χ2v) is 7.21. The van der Waals surface area contributed by atoms with Crippen molar-refractivity contribution in [3.8, 4) is 0 Å². The molecule has 1 heterocycles. The van der Waals surface area contributed by atoms with Gasteiger partial charge in [0.15, 0.2) is 5.03 Å². The van der Waals surface area contributed by atoms with Crippen molar-refractivity contribution >= 4 is 31.9 Å². The van der Waals surface area contributed by atoms with Crippen LogP contribution < -0.4 is 4.72 Å². The summed E-state index contributed by atoms with van der Waals surface area (Å²) in [5.41, 5.74) is -0.556. The van der Waals surface area contributed by atoms with Gasteiger partial charge in [-0.15, -0.1) is 0 Å². The zero-order valence-corrected chi connectivity index (χ0v) is 12.2. The first-order valence-electron chi connectivity index (χ1n) is 5.52. The van der Waals surface area contributed by atoms with Crippen LogP contribution in [0.15, 0.2) is 27.8 Å². The smallest absolute Gasteiger partial charge is 0.273 e. The van der Waals surface area contributed by atoms with Crippen LogP contribution in [0.1, 0.15) is 26.2 Å². The Morgan fingerprint density at radius 2 is 2.17 bits per heavy atom. The van der Waals surface area contributed by atoms with Gasteiger partial charge in [0.05, 0.1) is 0 Å². The Labute approximate surface area is 114 Å². The third-order valence-corrected chi connectivity index (χ3v) is 4.93. The summed E-state index contributed by atoms with van der Waals surface area (Å²) in [5, 5.41) is -0.159. The molecule has 0 radical (unpaired) electrons. The molecule has 1 aromatic rings. The molecule has 18 heavy (non-hydrogen) atoms. The maximum absolute atomic E-state index is 12.0. The number of amides is 1. The zero-order valence-electron chi connectivity index (χ0n) is 9.81. The maximum Gasteiger partial charge on any atom is 0.281 e. The molecule has 1 N–H and O–H groups in total. The highest BCUT2D eigenvalue weighted by molar-refractivity contribution is 9.10. The Kier molecular flexibility index (Phi) is 3.46. The van der Waals surface area contributed by atoms with Crippen molar-refractivity contribution in [2.45, 2.75) is 31.2 Å². The van der Waals surface area contributed by atoms with Gasteiger partial charge in [-0.25, -0.2) is 9.71 Å². The van der Waals surface area contributed by atoms with E-state index in [4.69, 9.17) is 0 Å². The van der Waals surface area contributed by atoms with E-state index in [0.29, 0.717) is 4.47 Å². The number of carbonyl (C=O) groups excluding carboxylic acids is 1. The number of halogens is 1. The van der Waals surface area contributed by atoms with E-state index in [1.54, 1.807) is 13.0 Å². The molecule has 98 valence electrons. The second kappa shape index (κ2) is 4.62. The van der Waals surface area contributed by atoms with E-state index in [-0.39, 0.29) is 5.03 Å². The SMILES string of the molecule is CC1(C(=O)NS(=O)(=O)c2cc(Br)ccn2)CCC1. The normalized spacial score (nSPS) is 17.9. The highest BCUT2D eigenvalue weighted by atomic mass is 79.9. The monoisotopic (exact) mass is 332 g/mol. The Morgan fingerprint density at radius 3 is 2.67 bits per heavy atom. The Bertz CT molecular complexity index is 582. The van der Waals surface area contributed by atoms with Gasteiger partial charge < -0.3 is 0 Å². The van der Waals surface area contributed by atoms with Gasteiger partial charge in [0, 0.05) is 16.1 Å². The molecule has 0 unspecified atom stereocenters. The van der Waals surface area contributed by atoms with Gasteiger partial charge in [-0.05, 0) is 25.0 Å². The minimum atomic E-state index is -3.88. The van der Waals surface area contributed by atoms with Gasteiger partial charge in [-0.2, -0.15) is 8.42 Å². The fraction of sp³-hybridized carbons (Fsp3) is 0.455. The average Bonchev–Trinajstić information content (AvgIpc) is 2.25. The number of nitrogens with zero attached hydrogens (tertiary/aromatic N) is 1. The van der Waals surface area contributed by atoms with E-state index >= 15 is 0 Å². The lowest BCUT2D eigenvalue weighted by Crippen LogP contribution is -2.45. The molecule has 2 rings (SSSR count). The first-order chi connectivity index (χ1) is 8.33. The van der Waals surface area contributed by atoms with E-state index in [1.165, 1.54) is 12.3 Å². The van der Waals surface area contributed by atoms with Crippen molar-refractivity contribution in [3.05, 3.63) is 22.8 Å². The molecule has 7 heteroatoms. The minimum Gasteiger partial charge on any atom is -0.273 e. The van der Waals surface area contributed by atoms with E-state index in [2.05, 4.69) is 25.6 Å². The molecule has 1 fully saturated rings. The molecule has 1 aliphatic carbocycles. The van der Waals surface area contributed by atoms with Crippen LogP contribution in [0, 0.1) is 5.41 Å². The Morgan fingerprint density at radius 1 is 1.50 bits per heavy atom. The zero-order chi connectivity index (χ0) is 13.4. The van der Waals surface area contributed by atoms with Crippen LogP contribution in [0.3, 0.4) is 0 Å². The minimum absolute atomic E-state index is 0.159. The van der Waals surface area contributed by atoms with Crippen molar-refractivity contribution in [1.82, 2.24) is 9.71 Å². The Hall–Kier alpha value is -0.950. The van der Waals surface area contributed by atoms with E-state index in [0.717, 1.165) is 19.3 Å². The summed E-state index contributed by atoms with van der Waals surface area (Å²) in [6, 6.07) is 2.98. The predicted octanol–water partition coefficient (Wildman–Crippen LogP) is 1.84. The van der Waals surface area contributed by atoms with Crippen LogP contribution in [0.25, 0.3) is 0 Å². The standard InChI is InChI=1S/C11H13BrN2O3S/c1-11(4-2-5-11)10(15)14-18(16,17)9-7-8(12)3-6-13-9/h3,6-7H,2,4-5H2,1H3,(H,14,15). The van der Waals surface area contributed by atoms with Crippen LogP contribution >= 0.6 is 15.9 Å². The van der Waals surface area contributed by atoms with Crippen molar-refractivity contribution in [2.24, 2.45) is 5.41 Å². The highest BCUT2D eigenvalue weighted by Gasteiger charge is 2.41. The van der Waals surface area contributed by atoms with E-state index in [1.807, 2.05) is 0 Å². The van der Waals surface area contributed by atoms with Crippen LogP contribution in [-0.4, -0.2) is 19.3 Å². The fourth-order valence-corrected chi connectivity index (χ4v) is 3.33. The molecule has 0 aliphatic heterocycles.